The summed E-state index contributed by atoms with van der Waals surface area (Å²) in [5, 5.41) is 6.97. The minimum atomic E-state index is -4.37. The molecule has 2 rings (SSSR count). The van der Waals surface area contributed by atoms with E-state index in [-0.39, 0.29) is 5.02 Å². The van der Waals surface area contributed by atoms with E-state index in [0.29, 0.717) is 12.2 Å². The van der Waals surface area contributed by atoms with E-state index >= 15 is 0 Å². The highest BCUT2D eigenvalue weighted by atomic mass is 35.5. The SMILES string of the molecule is FC(F)(F)c1ccc(NCc2ccsc2)c(Cl)c1. The Morgan fingerprint density at radius 2 is 2.00 bits per heavy atom. The van der Waals surface area contributed by atoms with Gasteiger partial charge in [-0.25, -0.2) is 0 Å². The van der Waals surface area contributed by atoms with Crippen LogP contribution in [0.1, 0.15) is 11.1 Å². The first kappa shape index (κ1) is 13.2. The van der Waals surface area contributed by atoms with Crippen molar-refractivity contribution >= 4 is 28.6 Å². The van der Waals surface area contributed by atoms with Crippen molar-refractivity contribution in [1.29, 1.82) is 0 Å². The molecule has 0 aliphatic rings. The minimum Gasteiger partial charge on any atom is -0.380 e. The predicted molar refractivity (Wildman–Crippen MR) is 68.1 cm³/mol. The molecule has 18 heavy (non-hydrogen) atoms. The van der Waals surface area contributed by atoms with Gasteiger partial charge >= 0.3 is 6.18 Å². The molecule has 0 unspecified atom stereocenters. The number of nitrogens with one attached hydrogen (secondary N) is 1. The van der Waals surface area contributed by atoms with E-state index in [2.05, 4.69) is 5.32 Å². The van der Waals surface area contributed by atoms with Gasteiger partial charge in [-0.05, 0) is 40.6 Å². The summed E-state index contributed by atoms with van der Waals surface area (Å²) in [5.74, 6) is 0. The highest BCUT2D eigenvalue weighted by Gasteiger charge is 2.30. The van der Waals surface area contributed by atoms with Crippen molar-refractivity contribution in [2.45, 2.75) is 12.7 Å². The number of alkyl halides is 3. The van der Waals surface area contributed by atoms with Gasteiger partial charge in [0, 0.05) is 6.54 Å². The largest absolute Gasteiger partial charge is 0.416 e. The summed E-state index contributed by atoms with van der Waals surface area (Å²) in [7, 11) is 0. The van der Waals surface area contributed by atoms with Crippen molar-refractivity contribution in [1.82, 2.24) is 0 Å². The number of hydrogen-bond acceptors (Lipinski definition) is 2. The average molecular weight is 292 g/mol. The lowest BCUT2D eigenvalue weighted by atomic mass is 10.2. The third-order valence-corrected chi connectivity index (χ3v) is 3.40. The molecular weight excluding hydrogens is 283 g/mol. The van der Waals surface area contributed by atoms with E-state index in [9.17, 15) is 13.2 Å². The molecule has 0 atom stereocenters. The minimum absolute atomic E-state index is 0.0695. The van der Waals surface area contributed by atoms with Gasteiger partial charge in [-0.2, -0.15) is 24.5 Å². The van der Waals surface area contributed by atoms with Crippen LogP contribution in [0.5, 0.6) is 0 Å². The van der Waals surface area contributed by atoms with Crippen molar-refractivity contribution in [2.24, 2.45) is 0 Å². The second-order valence-corrected chi connectivity index (χ2v) is 4.86. The van der Waals surface area contributed by atoms with E-state index in [0.717, 1.165) is 17.7 Å². The standard InChI is InChI=1S/C12H9ClF3NS/c13-10-5-9(12(14,15)16)1-2-11(10)17-6-8-3-4-18-7-8/h1-5,7,17H,6H2. The number of anilines is 1. The molecule has 2 aromatic rings. The normalized spacial score (nSPS) is 11.6. The smallest absolute Gasteiger partial charge is 0.380 e. The Bertz CT molecular complexity index is 523. The van der Waals surface area contributed by atoms with Crippen LogP contribution in [0.4, 0.5) is 18.9 Å². The third-order valence-electron chi connectivity index (χ3n) is 2.36. The maximum atomic E-state index is 12.4. The molecule has 0 fully saturated rings. The molecule has 0 radical (unpaired) electrons. The van der Waals surface area contributed by atoms with E-state index < -0.39 is 11.7 Å². The average Bonchev–Trinajstić information content (AvgIpc) is 2.79. The topological polar surface area (TPSA) is 12.0 Å². The fourth-order valence-electron chi connectivity index (χ4n) is 1.43. The lowest BCUT2D eigenvalue weighted by Gasteiger charge is -2.11. The lowest BCUT2D eigenvalue weighted by Crippen LogP contribution is -2.06. The highest BCUT2D eigenvalue weighted by molar-refractivity contribution is 7.07. The molecule has 0 saturated heterocycles. The molecule has 6 heteroatoms. The summed E-state index contributed by atoms with van der Waals surface area (Å²) in [6.45, 7) is 0.536. The Balaban J connectivity index is 2.10. The molecule has 1 aromatic carbocycles. The number of thiophene rings is 1. The van der Waals surface area contributed by atoms with Crippen molar-refractivity contribution < 1.29 is 13.2 Å². The van der Waals surface area contributed by atoms with Crippen molar-refractivity contribution in [3.05, 3.63) is 51.2 Å². The Morgan fingerprint density at radius 3 is 2.56 bits per heavy atom. The summed E-state index contributed by atoms with van der Waals surface area (Å²) >= 11 is 7.38. The van der Waals surface area contributed by atoms with Crippen LogP contribution < -0.4 is 5.32 Å². The summed E-state index contributed by atoms with van der Waals surface area (Å²) in [4.78, 5) is 0. The fourth-order valence-corrected chi connectivity index (χ4v) is 2.34. The lowest BCUT2D eigenvalue weighted by molar-refractivity contribution is -0.137. The van der Waals surface area contributed by atoms with E-state index in [1.54, 1.807) is 11.3 Å². The summed E-state index contributed by atoms with van der Waals surface area (Å²) in [5.41, 5.74) is 0.820. The molecule has 1 heterocycles. The maximum Gasteiger partial charge on any atom is 0.416 e. The molecule has 0 saturated carbocycles. The maximum absolute atomic E-state index is 12.4. The number of halogens is 4. The van der Waals surface area contributed by atoms with Gasteiger partial charge in [0.15, 0.2) is 0 Å². The van der Waals surface area contributed by atoms with Gasteiger partial charge in [-0.1, -0.05) is 11.6 Å². The molecule has 1 aromatic heterocycles. The van der Waals surface area contributed by atoms with Gasteiger partial charge in [0.25, 0.3) is 0 Å². The third kappa shape index (κ3) is 3.17. The van der Waals surface area contributed by atoms with Crippen LogP contribution in [-0.2, 0) is 12.7 Å². The zero-order chi connectivity index (χ0) is 13.2. The van der Waals surface area contributed by atoms with Crippen molar-refractivity contribution in [3.63, 3.8) is 0 Å². The quantitative estimate of drug-likeness (QED) is 0.836. The van der Waals surface area contributed by atoms with Crippen molar-refractivity contribution in [2.75, 3.05) is 5.32 Å². The first-order chi connectivity index (χ1) is 8.47. The predicted octanol–water partition coefficient (Wildman–Crippen LogP) is 5.03. The molecule has 0 amide bonds. The Morgan fingerprint density at radius 1 is 1.22 bits per heavy atom. The van der Waals surface area contributed by atoms with E-state index in [1.807, 2.05) is 16.8 Å². The molecule has 1 N–H and O–H groups in total. The number of rotatable bonds is 3. The van der Waals surface area contributed by atoms with Crippen molar-refractivity contribution in [3.8, 4) is 0 Å². The number of hydrogen-bond donors (Lipinski definition) is 1. The van der Waals surface area contributed by atoms with Gasteiger partial charge in [0.05, 0.1) is 16.3 Å². The monoisotopic (exact) mass is 291 g/mol. The van der Waals surface area contributed by atoms with Crippen LogP contribution in [0.3, 0.4) is 0 Å². The van der Waals surface area contributed by atoms with Gasteiger partial charge in [-0.3, -0.25) is 0 Å². The molecule has 96 valence electrons. The van der Waals surface area contributed by atoms with Gasteiger partial charge in [0.1, 0.15) is 0 Å². The molecule has 1 nitrogen and oxygen atoms in total. The summed E-state index contributed by atoms with van der Waals surface area (Å²) in [6, 6.07) is 5.23. The zero-order valence-electron chi connectivity index (χ0n) is 9.09. The molecule has 0 aliphatic heterocycles. The Kier molecular flexibility index (Phi) is 3.82. The molecule has 0 bridgehead atoms. The second kappa shape index (κ2) is 5.20. The first-order valence-electron chi connectivity index (χ1n) is 5.08. The van der Waals surface area contributed by atoms with Gasteiger partial charge in [0.2, 0.25) is 0 Å². The van der Waals surface area contributed by atoms with E-state index in [4.69, 9.17) is 11.6 Å². The molecule has 0 aliphatic carbocycles. The van der Waals surface area contributed by atoms with Crippen LogP contribution in [0, 0.1) is 0 Å². The first-order valence-corrected chi connectivity index (χ1v) is 6.40. The van der Waals surface area contributed by atoms with Gasteiger partial charge < -0.3 is 5.32 Å². The highest BCUT2D eigenvalue weighted by Crippen LogP contribution is 2.33. The van der Waals surface area contributed by atoms with Crippen LogP contribution >= 0.6 is 22.9 Å². The van der Waals surface area contributed by atoms with Crippen LogP contribution in [0.15, 0.2) is 35.0 Å². The van der Waals surface area contributed by atoms with Crippen LogP contribution in [-0.4, -0.2) is 0 Å². The van der Waals surface area contributed by atoms with E-state index in [1.165, 1.54) is 6.07 Å². The Hall–Kier alpha value is -1.20. The fraction of sp³-hybridized carbons (Fsp3) is 0.167. The number of benzene rings is 1. The summed E-state index contributed by atoms with van der Waals surface area (Å²) in [6.07, 6.45) is -4.37. The summed E-state index contributed by atoms with van der Waals surface area (Å²) < 4.78 is 37.3. The van der Waals surface area contributed by atoms with Crippen LogP contribution in [0.25, 0.3) is 0 Å². The molecular formula is C12H9ClF3NS. The Labute approximate surface area is 111 Å². The zero-order valence-corrected chi connectivity index (χ0v) is 10.7. The second-order valence-electron chi connectivity index (χ2n) is 3.68. The van der Waals surface area contributed by atoms with Crippen LogP contribution in [0.2, 0.25) is 5.02 Å². The molecule has 0 spiro atoms. The van der Waals surface area contributed by atoms with Gasteiger partial charge in [-0.15, -0.1) is 0 Å².